The normalized spacial score (nSPS) is 13.9. The van der Waals surface area contributed by atoms with Gasteiger partial charge < -0.3 is 14.5 Å². The molecule has 0 radical (unpaired) electrons. The summed E-state index contributed by atoms with van der Waals surface area (Å²) in [5.74, 6) is 2.48. The Morgan fingerprint density at radius 3 is 1.96 bits per heavy atom. The van der Waals surface area contributed by atoms with Gasteiger partial charge in [-0.2, -0.15) is 0 Å². The van der Waals surface area contributed by atoms with Crippen LogP contribution in [-0.2, 0) is 10.8 Å². The Labute approximate surface area is 320 Å². The average molecular weight is 711 g/mol. The van der Waals surface area contributed by atoms with Crippen LogP contribution in [0, 0.1) is 5.41 Å². The second kappa shape index (κ2) is 13.2. The fraction of sp³-hybridized carbons (Fsp3) is 0.245. The average Bonchev–Trinajstić information content (AvgIpc) is 3.76. The minimum Gasteiger partial charge on any atom is -0.457 e. The Bertz CT molecular complexity index is 2490. The van der Waals surface area contributed by atoms with Crippen LogP contribution < -0.4 is 14.5 Å². The first kappa shape index (κ1) is 35.2. The van der Waals surface area contributed by atoms with Gasteiger partial charge in [-0.25, -0.2) is 4.98 Å². The van der Waals surface area contributed by atoms with Crippen LogP contribution in [0.3, 0.4) is 0 Å². The molecule has 5 heteroatoms. The lowest BCUT2D eigenvalue weighted by Gasteiger charge is -2.32. The van der Waals surface area contributed by atoms with Crippen LogP contribution in [0.2, 0.25) is 0 Å². The molecule has 0 aliphatic carbocycles. The predicted molar refractivity (Wildman–Crippen MR) is 226 cm³/mol. The van der Waals surface area contributed by atoms with Crippen molar-refractivity contribution in [2.45, 2.75) is 66.2 Å². The van der Waals surface area contributed by atoms with Crippen LogP contribution in [-0.4, -0.2) is 16.2 Å². The number of pyridine rings is 1. The molecule has 54 heavy (non-hydrogen) atoms. The number of benzene rings is 5. The molecule has 7 aromatic rings. The van der Waals surface area contributed by atoms with Crippen LogP contribution >= 0.6 is 0 Å². The van der Waals surface area contributed by atoms with E-state index in [0.29, 0.717) is 6.67 Å². The molecule has 0 fully saturated rings. The number of anilines is 2. The summed E-state index contributed by atoms with van der Waals surface area (Å²) in [7, 11) is 0. The minimum absolute atomic E-state index is 0.00922. The molecule has 2 aromatic heterocycles. The van der Waals surface area contributed by atoms with Crippen molar-refractivity contribution in [3.63, 3.8) is 0 Å². The van der Waals surface area contributed by atoms with Gasteiger partial charge in [0.05, 0.1) is 17.7 Å². The van der Waals surface area contributed by atoms with Crippen LogP contribution in [0.4, 0.5) is 11.4 Å². The van der Waals surface area contributed by atoms with Crippen molar-refractivity contribution in [3.8, 4) is 17.3 Å². The quantitative estimate of drug-likeness (QED) is 0.165. The number of hydrogen-bond acceptors (Lipinski definition) is 4. The van der Waals surface area contributed by atoms with Gasteiger partial charge in [-0.05, 0) is 76.7 Å². The van der Waals surface area contributed by atoms with E-state index in [1.54, 1.807) is 0 Å². The molecule has 0 unspecified atom stereocenters. The van der Waals surface area contributed by atoms with Crippen LogP contribution in [0.15, 0.2) is 152 Å². The van der Waals surface area contributed by atoms with E-state index in [4.69, 9.17) is 9.72 Å². The number of para-hydroxylation sites is 1. The molecule has 272 valence electrons. The van der Waals surface area contributed by atoms with Gasteiger partial charge in [0.25, 0.3) is 0 Å². The molecular formula is C49H50N4O. The molecule has 5 aromatic carbocycles. The van der Waals surface area contributed by atoms with E-state index in [9.17, 15) is 0 Å². The van der Waals surface area contributed by atoms with Crippen molar-refractivity contribution in [1.82, 2.24) is 9.55 Å². The molecule has 1 aliphatic heterocycles. The van der Waals surface area contributed by atoms with Gasteiger partial charge in [-0.3, -0.25) is 4.57 Å². The molecule has 0 atom stereocenters. The molecule has 8 rings (SSSR count). The maximum Gasteiger partial charge on any atom is 0.137 e. The van der Waals surface area contributed by atoms with E-state index in [0.717, 1.165) is 34.0 Å². The first-order valence-corrected chi connectivity index (χ1v) is 19.0. The zero-order chi connectivity index (χ0) is 37.8. The fourth-order valence-electron chi connectivity index (χ4n) is 7.67. The summed E-state index contributed by atoms with van der Waals surface area (Å²) in [6, 6.07) is 47.5. The van der Waals surface area contributed by atoms with Crippen molar-refractivity contribution in [3.05, 3.63) is 168 Å². The Balaban J connectivity index is 1.09. The fourth-order valence-corrected chi connectivity index (χ4v) is 7.67. The molecule has 0 amide bonds. The molecule has 0 saturated heterocycles. The summed E-state index contributed by atoms with van der Waals surface area (Å²) in [6.07, 6.45) is 4.22. The Hall–Kier alpha value is -5.81. The Morgan fingerprint density at radius 1 is 0.537 bits per heavy atom. The molecular weight excluding hydrogens is 661 g/mol. The van der Waals surface area contributed by atoms with E-state index in [-0.39, 0.29) is 16.2 Å². The van der Waals surface area contributed by atoms with Crippen molar-refractivity contribution in [1.29, 1.82) is 0 Å². The number of rotatable bonds is 7. The summed E-state index contributed by atoms with van der Waals surface area (Å²) in [4.78, 5) is 9.61. The highest BCUT2D eigenvalue weighted by atomic mass is 16.5. The number of fused-ring (bicyclic) bond motifs is 3. The molecule has 0 bridgehead atoms. The van der Waals surface area contributed by atoms with Crippen molar-refractivity contribution >= 4 is 33.2 Å². The molecule has 1 aliphatic rings. The first-order chi connectivity index (χ1) is 25.8. The maximum atomic E-state index is 6.64. The first-order valence-electron chi connectivity index (χ1n) is 19.0. The van der Waals surface area contributed by atoms with Crippen LogP contribution in [0.1, 0.15) is 72.1 Å². The number of nitrogens with zero attached hydrogens (tertiary/aromatic N) is 4. The highest BCUT2D eigenvalue weighted by Crippen LogP contribution is 2.41. The van der Waals surface area contributed by atoms with Crippen LogP contribution in [0.25, 0.3) is 27.6 Å². The lowest BCUT2D eigenvalue weighted by atomic mass is 9.78. The lowest BCUT2D eigenvalue weighted by molar-refractivity contribution is 0.483. The highest BCUT2D eigenvalue weighted by Gasteiger charge is 2.32. The summed E-state index contributed by atoms with van der Waals surface area (Å²) >= 11 is 0. The zero-order valence-electron chi connectivity index (χ0n) is 32.8. The van der Waals surface area contributed by atoms with E-state index >= 15 is 0 Å². The zero-order valence-corrected chi connectivity index (χ0v) is 32.8. The molecule has 0 N–H and O–H groups in total. The van der Waals surface area contributed by atoms with Gasteiger partial charge in [0.1, 0.15) is 17.3 Å². The van der Waals surface area contributed by atoms with Crippen LogP contribution in [0.5, 0.6) is 11.5 Å². The lowest BCUT2D eigenvalue weighted by Crippen LogP contribution is -2.30. The smallest absolute Gasteiger partial charge is 0.137 e. The van der Waals surface area contributed by atoms with Gasteiger partial charge in [-0.15, -0.1) is 0 Å². The largest absolute Gasteiger partial charge is 0.457 e. The van der Waals surface area contributed by atoms with Crippen molar-refractivity contribution in [2.75, 3.05) is 16.5 Å². The topological polar surface area (TPSA) is 33.5 Å². The third-order valence-electron chi connectivity index (χ3n) is 10.9. The van der Waals surface area contributed by atoms with Gasteiger partial charge >= 0.3 is 0 Å². The van der Waals surface area contributed by atoms with Crippen molar-refractivity contribution < 1.29 is 4.74 Å². The number of hydrogen-bond donors (Lipinski definition) is 0. The maximum absolute atomic E-state index is 6.64. The number of ether oxygens (including phenoxy) is 1. The summed E-state index contributed by atoms with van der Waals surface area (Å²) in [5, 5.41) is 2.36. The Kier molecular flexibility index (Phi) is 8.64. The van der Waals surface area contributed by atoms with E-state index in [1.807, 2.05) is 12.3 Å². The summed E-state index contributed by atoms with van der Waals surface area (Å²) < 4.78 is 8.90. The predicted octanol–water partition coefficient (Wildman–Crippen LogP) is 12.8. The standard InChI is InChI=1S/C49H50N4O/c1-47(2,3)36-27-28-50-46(29-36)53-43-20-13-12-19-41(43)42-26-25-40(31-44(42)53)54-39-18-14-17-38(30-39)51-32-45(48(4,5)6)52(33-51)37-23-21-35(22-24-37)49(7,8)34-15-10-9-11-16-34/h9-32H,33H2,1-8H3. The van der Waals surface area contributed by atoms with Gasteiger partial charge in [0.2, 0.25) is 0 Å². The third-order valence-corrected chi connectivity index (χ3v) is 10.9. The molecule has 5 nitrogen and oxygen atoms in total. The molecule has 0 spiro atoms. The third kappa shape index (κ3) is 6.53. The Morgan fingerprint density at radius 2 is 1.22 bits per heavy atom. The van der Waals surface area contributed by atoms with Crippen molar-refractivity contribution in [2.24, 2.45) is 5.41 Å². The van der Waals surface area contributed by atoms with E-state index in [2.05, 4.69) is 203 Å². The minimum atomic E-state index is -0.0880. The summed E-state index contributed by atoms with van der Waals surface area (Å²) in [5.41, 5.74) is 9.45. The molecule has 3 heterocycles. The second-order valence-corrected chi connectivity index (χ2v) is 17.1. The summed E-state index contributed by atoms with van der Waals surface area (Å²) in [6.45, 7) is 18.9. The SMILES string of the molecule is CC(C)(C)C1=CN(c2cccc(Oc3ccc4c5ccccc5n(-c5cc(C(C)(C)C)ccn5)c4c3)c2)CN1c1ccc(C(C)(C)c2ccccc2)cc1. The highest BCUT2D eigenvalue weighted by molar-refractivity contribution is 6.09. The monoisotopic (exact) mass is 710 g/mol. The van der Waals surface area contributed by atoms with Gasteiger partial charge in [0.15, 0.2) is 0 Å². The van der Waals surface area contributed by atoms with Gasteiger partial charge in [0, 0.05) is 63.2 Å². The van der Waals surface area contributed by atoms with E-state index < -0.39 is 0 Å². The second-order valence-electron chi connectivity index (χ2n) is 17.1. The van der Waals surface area contributed by atoms with E-state index in [1.165, 1.54) is 38.8 Å². The number of allylic oxidation sites excluding steroid dienone is 1. The van der Waals surface area contributed by atoms with Gasteiger partial charge in [-0.1, -0.05) is 122 Å². The number of aromatic nitrogens is 2. The molecule has 0 saturated carbocycles.